The van der Waals surface area contributed by atoms with Crippen LogP contribution < -0.4 is 24.9 Å². The van der Waals surface area contributed by atoms with Gasteiger partial charge in [-0.15, -0.1) is 0 Å². The number of aromatic nitrogens is 2. The number of alkyl halides is 3. The Balaban J connectivity index is 1.67. The molecule has 2 aromatic heterocycles. The molecule has 0 aliphatic carbocycles. The molecule has 2 bridgehead atoms. The Morgan fingerprint density at radius 2 is 2.06 bits per heavy atom. The van der Waals surface area contributed by atoms with Crippen molar-refractivity contribution in [1.82, 2.24) is 14.9 Å². The van der Waals surface area contributed by atoms with E-state index in [1.54, 1.807) is 11.4 Å². The third-order valence-electron chi connectivity index (χ3n) is 5.18. The fourth-order valence-corrected chi connectivity index (χ4v) is 3.77. The van der Waals surface area contributed by atoms with Crippen LogP contribution in [0.2, 0.25) is 0 Å². The summed E-state index contributed by atoms with van der Waals surface area (Å²) in [7, 11) is 0. The predicted molar refractivity (Wildman–Crippen MR) is 103 cm³/mol. The third kappa shape index (κ3) is 3.96. The molecular formula is C18H17F3N6O4. The van der Waals surface area contributed by atoms with Gasteiger partial charge in [0, 0.05) is 18.6 Å². The van der Waals surface area contributed by atoms with Gasteiger partial charge in [-0.05, 0) is 12.1 Å². The van der Waals surface area contributed by atoms with Gasteiger partial charge in [-0.3, -0.25) is 4.79 Å². The van der Waals surface area contributed by atoms with Crippen LogP contribution in [0.4, 0.5) is 35.3 Å². The molecule has 13 heteroatoms. The second kappa shape index (κ2) is 7.35. The summed E-state index contributed by atoms with van der Waals surface area (Å²) in [5.74, 6) is -1.26. The minimum Gasteiger partial charge on any atom is -0.711 e. The smallest absolute Gasteiger partial charge is 0.415 e. The number of quaternary nitrogens is 1. The van der Waals surface area contributed by atoms with E-state index >= 15 is 0 Å². The van der Waals surface area contributed by atoms with Crippen LogP contribution in [-0.2, 0) is 0 Å². The Bertz CT molecular complexity index is 1050. The molecule has 164 valence electrons. The maximum Gasteiger partial charge on any atom is 0.415 e. The molecule has 2 aromatic rings. The summed E-state index contributed by atoms with van der Waals surface area (Å²) >= 11 is 0. The van der Waals surface area contributed by atoms with E-state index in [0.29, 0.717) is 11.2 Å². The number of anilines is 2. The van der Waals surface area contributed by atoms with Gasteiger partial charge in [0.25, 0.3) is 11.7 Å². The molecule has 3 amide bonds. The maximum atomic E-state index is 13.1. The maximum absolute atomic E-state index is 13.1. The molecule has 0 aromatic carbocycles. The first-order chi connectivity index (χ1) is 14.6. The number of hydrogen-bond donors (Lipinski definition) is 2. The zero-order chi connectivity index (χ0) is 22.4. The molecule has 2 aliphatic heterocycles. The average Bonchev–Trinajstić information content (AvgIpc) is 3.05. The van der Waals surface area contributed by atoms with Crippen molar-refractivity contribution in [3.05, 3.63) is 52.6 Å². The number of carbonyl (C=O) groups excluding carboxylic acids is 2. The van der Waals surface area contributed by atoms with Gasteiger partial charge in [-0.1, -0.05) is 6.07 Å². The molecule has 1 fully saturated rings. The number of urea groups is 1. The van der Waals surface area contributed by atoms with Crippen molar-refractivity contribution < 1.29 is 27.5 Å². The van der Waals surface area contributed by atoms with E-state index < -0.39 is 35.3 Å². The quantitative estimate of drug-likeness (QED) is 0.428. The minimum absolute atomic E-state index is 0.0560. The van der Waals surface area contributed by atoms with E-state index in [0.717, 1.165) is 6.07 Å². The number of hydrogen-bond acceptors (Lipinski definition) is 5. The van der Waals surface area contributed by atoms with Gasteiger partial charge in [0.05, 0.1) is 18.8 Å². The monoisotopic (exact) mass is 438 g/mol. The molecule has 0 radical (unpaired) electrons. The molecule has 2 N–H and O–H groups in total. The first kappa shape index (κ1) is 20.8. The molecule has 4 heterocycles. The van der Waals surface area contributed by atoms with Gasteiger partial charge >= 0.3 is 12.2 Å². The third-order valence-corrected chi connectivity index (χ3v) is 5.18. The lowest BCUT2D eigenvalue weighted by Gasteiger charge is -2.43. The Hall–Kier alpha value is -3.45. The first-order valence-corrected chi connectivity index (χ1v) is 9.30. The molecule has 0 saturated carbocycles. The van der Waals surface area contributed by atoms with Crippen molar-refractivity contribution in [2.45, 2.75) is 18.6 Å². The van der Waals surface area contributed by atoms with Crippen molar-refractivity contribution in [1.29, 1.82) is 0 Å². The highest BCUT2D eigenvalue weighted by Gasteiger charge is 2.49. The number of hydroxylamine groups is 2. The highest BCUT2D eigenvalue weighted by atomic mass is 19.4. The molecule has 1 saturated heterocycles. The summed E-state index contributed by atoms with van der Waals surface area (Å²) in [4.78, 5) is 30.3. The standard InChI is InChI=1S/C18H17F3N6O4/c19-18(20,21)10-22-16(28)12-4-5-13-15(23-12)26(11-6-8-27(13,31)9-11)17(29)24-14-3-1-2-7-25(14)30/h1-5,7,11H,6,8-10H2,(H,22,28)(H,24,29)/t11-,27?/m0/s1. The summed E-state index contributed by atoms with van der Waals surface area (Å²) in [5.41, 5.74) is -0.243. The summed E-state index contributed by atoms with van der Waals surface area (Å²) in [6, 6.07) is 5.57. The van der Waals surface area contributed by atoms with E-state index in [1.165, 1.54) is 29.3 Å². The topological polar surface area (TPSA) is 124 Å². The van der Waals surface area contributed by atoms with Crippen LogP contribution >= 0.6 is 0 Å². The van der Waals surface area contributed by atoms with Crippen LogP contribution in [0.15, 0.2) is 36.5 Å². The van der Waals surface area contributed by atoms with E-state index in [2.05, 4.69) is 10.3 Å². The van der Waals surface area contributed by atoms with Gasteiger partial charge in [0.1, 0.15) is 18.8 Å². The Kier molecular flexibility index (Phi) is 4.94. The van der Waals surface area contributed by atoms with Crippen LogP contribution in [0, 0.1) is 10.4 Å². The predicted octanol–water partition coefficient (Wildman–Crippen LogP) is 1.64. The Morgan fingerprint density at radius 3 is 2.77 bits per heavy atom. The van der Waals surface area contributed by atoms with Gasteiger partial charge in [-0.25, -0.2) is 19.4 Å². The first-order valence-electron chi connectivity index (χ1n) is 9.30. The van der Waals surface area contributed by atoms with Gasteiger partial charge in [0.15, 0.2) is 5.69 Å². The molecule has 2 aliphatic rings. The SMILES string of the molecule is O=C(NCC(F)(F)F)c1ccc2c(n1)N(C(=O)Nc1cccc[n+]1[O-])[C@H]1CC[N+]2([O-])C1. The van der Waals surface area contributed by atoms with E-state index in [-0.39, 0.29) is 36.1 Å². The van der Waals surface area contributed by atoms with Crippen LogP contribution in [0.5, 0.6) is 0 Å². The number of amides is 3. The van der Waals surface area contributed by atoms with Crippen LogP contribution in [0.3, 0.4) is 0 Å². The lowest BCUT2D eigenvalue weighted by atomic mass is 10.1. The lowest BCUT2D eigenvalue weighted by molar-refractivity contribution is -0.590. The van der Waals surface area contributed by atoms with Crippen molar-refractivity contribution in [2.24, 2.45) is 0 Å². The molecule has 10 nitrogen and oxygen atoms in total. The number of rotatable bonds is 3. The number of nitrogens with one attached hydrogen (secondary N) is 2. The van der Waals surface area contributed by atoms with Crippen molar-refractivity contribution in [2.75, 3.05) is 29.9 Å². The van der Waals surface area contributed by atoms with Crippen molar-refractivity contribution >= 4 is 29.3 Å². The number of nitrogens with zero attached hydrogens (tertiary/aromatic N) is 4. The number of pyridine rings is 2. The lowest BCUT2D eigenvalue weighted by Crippen LogP contribution is -2.54. The van der Waals surface area contributed by atoms with Crippen LogP contribution in [-0.4, -0.2) is 48.8 Å². The van der Waals surface area contributed by atoms with Gasteiger partial charge < -0.3 is 20.4 Å². The second-order valence-corrected chi connectivity index (χ2v) is 7.29. The fourth-order valence-electron chi connectivity index (χ4n) is 3.77. The summed E-state index contributed by atoms with van der Waals surface area (Å²) in [5, 5.41) is 29.1. The van der Waals surface area contributed by atoms with E-state index in [4.69, 9.17) is 0 Å². The summed E-state index contributed by atoms with van der Waals surface area (Å²) < 4.78 is 36.9. The Morgan fingerprint density at radius 1 is 1.29 bits per heavy atom. The molecule has 0 spiro atoms. The van der Waals surface area contributed by atoms with Crippen LogP contribution in [0.25, 0.3) is 0 Å². The summed E-state index contributed by atoms with van der Waals surface area (Å²) in [6.07, 6.45) is -3.06. The minimum atomic E-state index is -4.60. The Labute approximate surface area is 173 Å². The van der Waals surface area contributed by atoms with Crippen molar-refractivity contribution in [3.8, 4) is 0 Å². The zero-order valence-corrected chi connectivity index (χ0v) is 15.9. The fraction of sp³-hybridized carbons (Fsp3) is 0.333. The van der Waals surface area contributed by atoms with Crippen LogP contribution in [0.1, 0.15) is 16.9 Å². The van der Waals surface area contributed by atoms with Crippen molar-refractivity contribution in [3.63, 3.8) is 0 Å². The largest absolute Gasteiger partial charge is 0.711 e. The zero-order valence-electron chi connectivity index (χ0n) is 15.9. The number of halogens is 3. The highest BCUT2D eigenvalue weighted by molar-refractivity contribution is 6.04. The highest BCUT2D eigenvalue weighted by Crippen LogP contribution is 2.43. The number of fused-ring (bicyclic) bond motifs is 4. The molecule has 1 unspecified atom stereocenters. The van der Waals surface area contributed by atoms with Gasteiger partial charge in [-0.2, -0.15) is 18.5 Å². The van der Waals surface area contributed by atoms with E-state index in [1.807, 2.05) is 0 Å². The average molecular weight is 438 g/mol. The normalized spacial score (nSPS) is 22.1. The molecule has 2 atom stereocenters. The molecule has 4 rings (SSSR count). The molecule has 31 heavy (non-hydrogen) atoms. The number of carbonyl (C=O) groups is 2. The van der Waals surface area contributed by atoms with E-state index in [9.17, 15) is 33.2 Å². The summed E-state index contributed by atoms with van der Waals surface area (Å²) in [6.45, 7) is -1.31. The second-order valence-electron chi connectivity index (χ2n) is 7.29. The van der Waals surface area contributed by atoms with Gasteiger partial charge in [0.2, 0.25) is 5.82 Å². The molecular weight excluding hydrogens is 421 g/mol.